The first-order valence-electron chi connectivity index (χ1n) is 3.43. The molecule has 7 heteroatoms. The molecule has 0 aromatic carbocycles. The Hall–Kier alpha value is -1.17. The summed E-state index contributed by atoms with van der Waals surface area (Å²) in [4.78, 5) is 17.1. The van der Waals surface area contributed by atoms with Gasteiger partial charge in [-0.3, -0.25) is 4.79 Å². The van der Waals surface area contributed by atoms with Gasteiger partial charge in [0.15, 0.2) is 11.5 Å². The number of carbonyl (C=O) groups is 1. The zero-order valence-corrected chi connectivity index (χ0v) is 7.65. The monoisotopic (exact) mass is 224 g/mol. The van der Waals surface area contributed by atoms with Crippen molar-refractivity contribution in [1.82, 2.24) is 9.97 Å². The first kappa shape index (κ1) is 10.9. The molecule has 1 heterocycles. The van der Waals surface area contributed by atoms with Crippen LogP contribution >= 0.6 is 11.6 Å². The molecule has 0 unspecified atom stereocenters. The van der Waals surface area contributed by atoms with E-state index in [1.807, 2.05) is 0 Å². The number of hydrogen-bond donors (Lipinski definition) is 0. The van der Waals surface area contributed by atoms with E-state index in [2.05, 4.69) is 9.97 Å². The first-order valence-corrected chi connectivity index (χ1v) is 3.81. The Morgan fingerprint density at radius 1 is 1.50 bits per heavy atom. The van der Waals surface area contributed by atoms with Crippen molar-refractivity contribution in [2.75, 3.05) is 0 Å². The van der Waals surface area contributed by atoms with Crippen LogP contribution in [0.3, 0.4) is 0 Å². The minimum Gasteiger partial charge on any atom is -0.294 e. The van der Waals surface area contributed by atoms with Crippen LogP contribution in [-0.4, -0.2) is 15.8 Å². The second-order valence-electron chi connectivity index (χ2n) is 2.46. The van der Waals surface area contributed by atoms with Gasteiger partial charge in [0.25, 0.3) is 0 Å². The lowest BCUT2D eigenvalue weighted by atomic mass is 10.1. The maximum Gasteiger partial charge on any atom is 0.434 e. The fourth-order valence-electron chi connectivity index (χ4n) is 0.834. The first-order chi connectivity index (χ1) is 6.32. The molecule has 1 rings (SSSR count). The van der Waals surface area contributed by atoms with Gasteiger partial charge in [0.2, 0.25) is 5.28 Å². The van der Waals surface area contributed by atoms with Crippen LogP contribution in [0.25, 0.3) is 0 Å². The van der Waals surface area contributed by atoms with E-state index < -0.39 is 28.5 Å². The number of Topliss-reactive ketones (excluding diaryl/α,β-unsaturated/α-hetero) is 1. The Morgan fingerprint density at radius 3 is 2.50 bits per heavy atom. The molecule has 0 N–H and O–H groups in total. The van der Waals surface area contributed by atoms with Crippen molar-refractivity contribution in [3.63, 3.8) is 0 Å². The summed E-state index contributed by atoms with van der Waals surface area (Å²) < 4.78 is 36.9. The maximum atomic E-state index is 12.3. The van der Waals surface area contributed by atoms with E-state index in [1.54, 1.807) is 0 Å². The number of carbonyl (C=O) groups excluding carboxylic acids is 1. The van der Waals surface area contributed by atoms with Crippen molar-refractivity contribution in [3.8, 4) is 0 Å². The van der Waals surface area contributed by atoms with Crippen molar-refractivity contribution in [2.24, 2.45) is 0 Å². The van der Waals surface area contributed by atoms with Crippen molar-refractivity contribution in [1.29, 1.82) is 0 Å². The summed E-state index contributed by atoms with van der Waals surface area (Å²) in [5.74, 6) is -0.756. The molecule has 0 aliphatic rings. The van der Waals surface area contributed by atoms with Gasteiger partial charge >= 0.3 is 6.18 Å². The Labute approximate surface area is 81.9 Å². The minimum absolute atomic E-state index is 0.540. The molecule has 1 aromatic rings. The van der Waals surface area contributed by atoms with Crippen LogP contribution in [0.2, 0.25) is 5.28 Å². The van der Waals surface area contributed by atoms with E-state index in [9.17, 15) is 18.0 Å². The average Bonchev–Trinajstić information content (AvgIpc) is 2.01. The van der Waals surface area contributed by atoms with Gasteiger partial charge in [-0.2, -0.15) is 13.2 Å². The Bertz CT molecular complexity index is 378. The van der Waals surface area contributed by atoms with Crippen LogP contribution in [0.5, 0.6) is 0 Å². The lowest BCUT2D eigenvalue weighted by Crippen LogP contribution is -2.15. The van der Waals surface area contributed by atoms with E-state index in [0.29, 0.717) is 0 Å². The summed E-state index contributed by atoms with van der Waals surface area (Å²) in [5, 5.41) is -0.540. The molecule has 0 atom stereocenters. The molecule has 0 aliphatic heterocycles. The summed E-state index contributed by atoms with van der Waals surface area (Å²) in [5.41, 5.74) is -1.88. The summed E-state index contributed by atoms with van der Waals surface area (Å²) >= 11 is 5.19. The maximum absolute atomic E-state index is 12.3. The molecule has 1 aromatic heterocycles. The summed E-state index contributed by atoms with van der Waals surface area (Å²) in [6, 6.07) is 0. The highest BCUT2D eigenvalue weighted by Crippen LogP contribution is 2.30. The standard InChI is InChI=1S/C7H4ClF3N2O/c1-3(14)4-2-12-6(8)13-5(4)7(9,10)11/h2H,1H3. The van der Waals surface area contributed by atoms with Crippen molar-refractivity contribution < 1.29 is 18.0 Å². The molecule has 0 bridgehead atoms. The normalized spacial score (nSPS) is 11.5. The van der Waals surface area contributed by atoms with Gasteiger partial charge in [-0.25, -0.2) is 9.97 Å². The zero-order chi connectivity index (χ0) is 10.9. The molecule has 0 saturated heterocycles. The largest absolute Gasteiger partial charge is 0.434 e. The van der Waals surface area contributed by atoms with Gasteiger partial charge in [0.1, 0.15) is 0 Å². The molecule has 0 aliphatic carbocycles. The highest BCUT2D eigenvalue weighted by molar-refractivity contribution is 6.28. The Morgan fingerprint density at radius 2 is 2.07 bits per heavy atom. The van der Waals surface area contributed by atoms with Gasteiger partial charge in [-0.1, -0.05) is 0 Å². The van der Waals surface area contributed by atoms with Gasteiger partial charge in [0, 0.05) is 6.20 Å². The van der Waals surface area contributed by atoms with Crippen LogP contribution in [0.4, 0.5) is 13.2 Å². The third-order valence-corrected chi connectivity index (χ3v) is 1.59. The number of hydrogen-bond acceptors (Lipinski definition) is 3. The van der Waals surface area contributed by atoms with Gasteiger partial charge in [-0.15, -0.1) is 0 Å². The smallest absolute Gasteiger partial charge is 0.294 e. The summed E-state index contributed by atoms with van der Waals surface area (Å²) in [7, 11) is 0. The minimum atomic E-state index is -4.70. The Balaban J connectivity index is 3.38. The molecular weight excluding hydrogens is 221 g/mol. The lowest BCUT2D eigenvalue weighted by Gasteiger charge is -2.08. The van der Waals surface area contributed by atoms with E-state index in [0.717, 1.165) is 13.1 Å². The zero-order valence-electron chi connectivity index (χ0n) is 6.89. The van der Waals surface area contributed by atoms with Gasteiger partial charge < -0.3 is 0 Å². The van der Waals surface area contributed by atoms with Crippen molar-refractivity contribution in [3.05, 3.63) is 22.7 Å². The number of ketones is 1. The number of aromatic nitrogens is 2. The third kappa shape index (κ3) is 2.20. The van der Waals surface area contributed by atoms with Crippen LogP contribution in [0.15, 0.2) is 6.20 Å². The molecule has 0 fully saturated rings. The quantitative estimate of drug-likeness (QED) is 0.543. The second kappa shape index (κ2) is 3.53. The van der Waals surface area contributed by atoms with Gasteiger partial charge in [0.05, 0.1) is 5.56 Å². The predicted molar refractivity (Wildman–Crippen MR) is 42.0 cm³/mol. The van der Waals surface area contributed by atoms with E-state index in [-0.39, 0.29) is 0 Å². The average molecular weight is 225 g/mol. The lowest BCUT2D eigenvalue weighted by molar-refractivity contribution is -0.141. The summed E-state index contributed by atoms with van der Waals surface area (Å²) in [6.07, 6.45) is -3.94. The highest BCUT2D eigenvalue weighted by Gasteiger charge is 2.37. The van der Waals surface area contributed by atoms with E-state index in [4.69, 9.17) is 11.6 Å². The number of halogens is 4. The fourth-order valence-corrected chi connectivity index (χ4v) is 0.967. The fraction of sp³-hybridized carbons (Fsp3) is 0.286. The SMILES string of the molecule is CC(=O)c1cnc(Cl)nc1C(F)(F)F. The van der Waals surface area contributed by atoms with Gasteiger partial charge in [-0.05, 0) is 18.5 Å². The number of rotatable bonds is 1. The van der Waals surface area contributed by atoms with Crippen LogP contribution in [-0.2, 0) is 6.18 Å². The molecule has 3 nitrogen and oxygen atoms in total. The van der Waals surface area contributed by atoms with Crippen LogP contribution < -0.4 is 0 Å². The Kier molecular flexibility index (Phi) is 2.75. The van der Waals surface area contributed by atoms with Crippen molar-refractivity contribution in [2.45, 2.75) is 13.1 Å². The van der Waals surface area contributed by atoms with Crippen molar-refractivity contribution >= 4 is 17.4 Å². The number of alkyl halides is 3. The molecule has 0 saturated carbocycles. The van der Waals surface area contributed by atoms with Crippen LogP contribution in [0, 0.1) is 0 Å². The van der Waals surface area contributed by atoms with E-state index in [1.165, 1.54) is 0 Å². The molecular formula is C7H4ClF3N2O. The van der Waals surface area contributed by atoms with Crippen LogP contribution in [0.1, 0.15) is 23.0 Å². The molecule has 76 valence electrons. The molecule has 14 heavy (non-hydrogen) atoms. The molecule has 0 spiro atoms. The topological polar surface area (TPSA) is 42.9 Å². The third-order valence-electron chi connectivity index (χ3n) is 1.41. The number of nitrogens with zero attached hydrogens (tertiary/aromatic N) is 2. The highest BCUT2D eigenvalue weighted by atomic mass is 35.5. The van der Waals surface area contributed by atoms with E-state index >= 15 is 0 Å². The predicted octanol–water partition coefficient (Wildman–Crippen LogP) is 2.35. The summed E-state index contributed by atoms with van der Waals surface area (Å²) in [6.45, 7) is 1.00. The molecule has 0 radical (unpaired) electrons. The molecule has 0 amide bonds. The second-order valence-corrected chi connectivity index (χ2v) is 2.79.